The van der Waals surface area contributed by atoms with E-state index < -0.39 is 0 Å². The average molecular weight is 282 g/mol. The maximum atomic E-state index is 11.8. The van der Waals surface area contributed by atoms with E-state index in [9.17, 15) is 4.79 Å². The van der Waals surface area contributed by atoms with Crippen molar-refractivity contribution in [2.45, 2.75) is 25.0 Å². The van der Waals surface area contributed by atoms with Crippen molar-refractivity contribution in [2.75, 3.05) is 24.7 Å². The summed E-state index contributed by atoms with van der Waals surface area (Å²) in [5.74, 6) is 1.50. The SMILES string of the molecule is COc1ccccc1NC(=O)CCSC(C)CCN. The van der Waals surface area contributed by atoms with Crippen molar-refractivity contribution in [1.82, 2.24) is 0 Å². The molecule has 0 aliphatic heterocycles. The van der Waals surface area contributed by atoms with Crippen molar-refractivity contribution in [3.05, 3.63) is 24.3 Å². The van der Waals surface area contributed by atoms with E-state index in [1.807, 2.05) is 24.3 Å². The van der Waals surface area contributed by atoms with Gasteiger partial charge in [0.05, 0.1) is 12.8 Å². The fraction of sp³-hybridized carbons (Fsp3) is 0.500. The third kappa shape index (κ3) is 5.98. The summed E-state index contributed by atoms with van der Waals surface area (Å²) in [7, 11) is 1.59. The summed E-state index contributed by atoms with van der Waals surface area (Å²) in [5.41, 5.74) is 6.21. The Kier molecular flexibility index (Phi) is 7.36. The topological polar surface area (TPSA) is 64.3 Å². The fourth-order valence-electron chi connectivity index (χ4n) is 1.63. The Morgan fingerprint density at radius 2 is 2.21 bits per heavy atom. The van der Waals surface area contributed by atoms with Gasteiger partial charge in [0.1, 0.15) is 5.75 Å². The van der Waals surface area contributed by atoms with Crippen LogP contribution >= 0.6 is 11.8 Å². The van der Waals surface area contributed by atoms with Crippen molar-refractivity contribution in [3.63, 3.8) is 0 Å². The van der Waals surface area contributed by atoms with Gasteiger partial charge < -0.3 is 15.8 Å². The molecule has 0 heterocycles. The molecule has 1 aromatic carbocycles. The van der Waals surface area contributed by atoms with E-state index in [0.717, 1.165) is 17.9 Å². The van der Waals surface area contributed by atoms with Crippen molar-refractivity contribution >= 4 is 23.4 Å². The third-order valence-electron chi connectivity index (χ3n) is 2.69. The number of ether oxygens (including phenoxy) is 1. The molecule has 0 aliphatic carbocycles. The summed E-state index contributed by atoms with van der Waals surface area (Å²) in [6.45, 7) is 2.83. The van der Waals surface area contributed by atoms with Crippen LogP contribution in [-0.4, -0.2) is 30.6 Å². The molecule has 0 aromatic heterocycles. The largest absolute Gasteiger partial charge is 0.495 e. The summed E-state index contributed by atoms with van der Waals surface area (Å²) in [5, 5.41) is 3.37. The van der Waals surface area contributed by atoms with Gasteiger partial charge in [-0.3, -0.25) is 4.79 Å². The second kappa shape index (κ2) is 8.82. The molecule has 0 aliphatic rings. The van der Waals surface area contributed by atoms with Crippen molar-refractivity contribution in [1.29, 1.82) is 0 Å². The molecule has 1 atom stereocenters. The number of methoxy groups -OCH3 is 1. The number of hydrogen-bond acceptors (Lipinski definition) is 4. The molecule has 1 rings (SSSR count). The minimum atomic E-state index is 0.0111. The number of anilines is 1. The summed E-state index contributed by atoms with van der Waals surface area (Å²) >= 11 is 1.78. The lowest BCUT2D eigenvalue weighted by molar-refractivity contribution is -0.115. The van der Waals surface area contributed by atoms with Gasteiger partial charge in [0, 0.05) is 17.4 Å². The lowest BCUT2D eigenvalue weighted by atomic mass is 10.3. The van der Waals surface area contributed by atoms with Crippen LogP contribution in [0.25, 0.3) is 0 Å². The molecule has 0 fully saturated rings. The molecule has 0 bridgehead atoms. The molecule has 0 saturated heterocycles. The molecular weight excluding hydrogens is 260 g/mol. The zero-order chi connectivity index (χ0) is 14.1. The normalized spacial score (nSPS) is 11.9. The second-order valence-electron chi connectivity index (χ2n) is 4.26. The number of thioether (sulfide) groups is 1. The van der Waals surface area contributed by atoms with Gasteiger partial charge in [-0.2, -0.15) is 11.8 Å². The molecule has 1 unspecified atom stereocenters. The number of carbonyl (C=O) groups is 1. The van der Waals surface area contributed by atoms with Gasteiger partial charge in [-0.1, -0.05) is 19.1 Å². The highest BCUT2D eigenvalue weighted by atomic mass is 32.2. The van der Waals surface area contributed by atoms with Gasteiger partial charge in [-0.25, -0.2) is 0 Å². The Hall–Kier alpha value is -1.20. The Balaban J connectivity index is 2.35. The van der Waals surface area contributed by atoms with Crippen LogP contribution in [0.5, 0.6) is 5.75 Å². The monoisotopic (exact) mass is 282 g/mol. The Bertz CT molecular complexity index is 399. The maximum Gasteiger partial charge on any atom is 0.225 e. The molecule has 106 valence electrons. The highest BCUT2D eigenvalue weighted by molar-refractivity contribution is 7.99. The first kappa shape index (κ1) is 15.9. The van der Waals surface area contributed by atoms with E-state index in [0.29, 0.717) is 24.0 Å². The van der Waals surface area contributed by atoms with E-state index in [2.05, 4.69) is 12.2 Å². The number of nitrogens with one attached hydrogen (secondary N) is 1. The standard InChI is InChI=1S/C14H22N2O2S/c1-11(7-9-15)19-10-8-14(17)16-12-5-3-4-6-13(12)18-2/h3-6,11H,7-10,15H2,1-2H3,(H,16,17). The molecule has 0 saturated carbocycles. The number of benzene rings is 1. The first-order valence-electron chi connectivity index (χ1n) is 6.42. The van der Waals surface area contributed by atoms with E-state index in [1.165, 1.54) is 0 Å². The number of nitrogens with two attached hydrogens (primary N) is 1. The molecule has 4 nitrogen and oxygen atoms in total. The molecule has 1 amide bonds. The zero-order valence-corrected chi connectivity index (χ0v) is 12.3. The van der Waals surface area contributed by atoms with Crippen LogP contribution in [0.1, 0.15) is 19.8 Å². The molecule has 0 spiro atoms. The van der Waals surface area contributed by atoms with Crippen molar-refractivity contribution in [2.24, 2.45) is 5.73 Å². The van der Waals surface area contributed by atoms with Crippen molar-refractivity contribution < 1.29 is 9.53 Å². The number of hydrogen-bond donors (Lipinski definition) is 2. The predicted octanol–water partition coefficient (Wildman–Crippen LogP) is 2.49. The molecule has 3 N–H and O–H groups in total. The van der Waals surface area contributed by atoms with Crippen LogP contribution < -0.4 is 15.8 Å². The van der Waals surface area contributed by atoms with E-state index in [-0.39, 0.29) is 5.91 Å². The smallest absolute Gasteiger partial charge is 0.225 e. The van der Waals surface area contributed by atoms with Crippen LogP contribution in [0, 0.1) is 0 Å². The zero-order valence-electron chi connectivity index (χ0n) is 11.5. The Labute approximate surface area is 119 Å². The highest BCUT2D eigenvalue weighted by Gasteiger charge is 2.08. The molecular formula is C14H22N2O2S. The molecule has 19 heavy (non-hydrogen) atoms. The maximum absolute atomic E-state index is 11.8. The number of rotatable bonds is 8. The summed E-state index contributed by atoms with van der Waals surface area (Å²) in [6, 6.07) is 7.41. The van der Waals surface area contributed by atoms with E-state index in [4.69, 9.17) is 10.5 Å². The third-order valence-corrected chi connectivity index (χ3v) is 3.93. The quantitative estimate of drug-likeness (QED) is 0.769. The van der Waals surface area contributed by atoms with Gasteiger partial charge >= 0.3 is 0 Å². The van der Waals surface area contributed by atoms with Gasteiger partial charge in [-0.15, -0.1) is 0 Å². The van der Waals surface area contributed by atoms with Gasteiger partial charge in [0.25, 0.3) is 0 Å². The first-order valence-corrected chi connectivity index (χ1v) is 7.46. The summed E-state index contributed by atoms with van der Waals surface area (Å²) in [4.78, 5) is 11.8. The van der Waals surface area contributed by atoms with E-state index >= 15 is 0 Å². The van der Waals surface area contributed by atoms with Crippen LogP contribution in [0.3, 0.4) is 0 Å². The lowest BCUT2D eigenvalue weighted by Gasteiger charge is -2.11. The van der Waals surface area contributed by atoms with Gasteiger partial charge in [0.2, 0.25) is 5.91 Å². The first-order chi connectivity index (χ1) is 9.17. The molecule has 0 radical (unpaired) electrons. The number of carbonyl (C=O) groups excluding carboxylic acids is 1. The summed E-state index contributed by atoms with van der Waals surface area (Å²) in [6.07, 6.45) is 1.48. The van der Waals surface area contributed by atoms with E-state index in [1.54, 1.807) is 18.9 Å². The molecule has 5 heteroatoms. The van der Waals surface area contributed by atoms with Gasteiger partial charge in [-0.05, 0) is 25.1 Å². The number of para-hydroxylation sites is 2. The minimum Gasteiger partial charge on any atom is -0.495 e. The lowest BCUT2D eigenvalue weighted by Crippen LogP contribution is -2.14. The Morgan fingerprint density at radius 1 is 1.47 bits per heavy atom. The van der Waals surface area contributed by atoms with Crippen molar-refractivity contribution in [3.8, 4) is 5.75 Å². The van der Waals surface area contributed by atoms with Gasteiger partial charge in [0.15, 0.2) is 0 Å². The molecule has 1 aromatic rings. The Morgan fingerprint density at radius 3 is 2.89 bits per heavy atom. The van der Waals surface area contributed by atoms with Crippen LogP contribution in [-0.2, 0) is 4.79 Å². The second-order valence-corrected chi connectivity index (χ2v) is 5.80. The summed E-state index contributed by atoms with van der Waals surface area (Å²) < 4.78 is 5.19. The van der Waals surface area contributed by atoms with Crippen LogP contribution in [0.2, 0.25) is 0 Å². The average Bonchev–Trinajstić information content (AvgIpc) is 2.39. The highest BCUT2D eigenvalue weighted by Crippen LogP contribution is 2.23. The fourth-order valence-corrected chi connectivity index (χ4v) is 2.64. The van der Waals surface area contributed by atoms with Crippen LogP contribution in [0.4, 0.5) is 5.69 Å². The predicted molar refractivity (Wildman–Crippen MR) is 81.8 cm³/mol. The minimum absolute atomic E-state index is 0.0111. The number of amides is 1. The van der Waals surface area contributed by atoms with Crippen LogP contribution in [0.15, 0.2) is 24.3 Å².